The van der Waals surface area contributed by atoms with Crippen LogP contribution in [0.25, 0.3) is 0 Å². The molecule has 170 valence electrons. The fraction of sp³-hybridized carbons (Fsp3) is 0.864. The summed E-state index contributed by atoms with van der Waals surface area (Å²) in [7, 11) is 0. The summed E-state index contributed by atoms with van der Waals surface area (Å²) in [5.41, 5.74) is -0.569. The molecule has 0 bridgehead atoms. The Labute approximate surface area is 179 Å². The molecule has 3 rings (SSSR count). The Hall–Kier alpha value is -1.67. The van der Waals surface area contributed by atoms with E-state index in [0.717, 1.165) is 6.42 Å². The summed E-state index contributed by atoms with van der Waals surface area (Å²) >= 11 is 0. The van der Waals surface area contributed by atoms with Crippen molar-refractivity contribution in [2.24, 2.45) is 17.8 Å². The predicted octanol–water partition coefficient (Wildman–Crippen LogP) is 4.36. The van der Waals surface area contributed by atoms with Gasteiger partial charge in [-0.05, 0) is 51.4 Å². The zero-order chi connectivity index (χ0) is 21.9. The van der Waals surface area contributed by atoms with E-state index in [2.05, 4.69) is 30.9 Å². The molecule has 2 fully saturated rings. The number of ether oxygens (including phenoxy) is 3. The standard InChI is InChI=1S/C22H37N3O5/c1-14(2)16-8-7-15(3)11-18(16)28-13-19-23-20(24-30-19)17-12-27-10-9-25(17)21(26)29-22(4,5)6/h14-18H,7-13H2,1-6H3. The molecule has 1 saturated carbocycles. The smallest absolute Gasteiger partial charge is 0.411 e. The van der Waals surface area contributed by atoms with Crippen LogP contribution in [0.5, 0.6) is 0 Å². The Morgan fingerprint density at radius 1 is 1.30 bits per heavy atom. The lowest BCUT2D eigenvalue weighted by Gasteiger charge is -2.36. The van der Waals surface area contributed by atoms with E-state index in [9.17, 15) is 4.79 Å². The minimum absolute atomic E-state index is 0.209. The van der Waals surface area contributed by atoms with Crippen LogP contribution < -0.4 is 0 Å². The Morgan fingerprint density at radius 2 is 2.07 bits per heavy atom. The van der Waals surface area contributed by atoms with E-state index in [1.807, 2.05) is 20.8 Å². The topological polar surface area (TPSA) is 86.9 Å². The minimum Gasteiger partial charge on any atom is -0.444 e. The number of carbonyl (C=O) groups is 1. The van der Waals surface area contributed by atoms with Crippen LogP contribution in [0.4, 0.5) is 4.79 Å². The number of aromatic nitrogens is 2. The second-order valence-electron chi connectivity index (χ2n) is 9.99. The van der Waals surface area contributed by atoms with Gasteiger partial charge in [0.2, 0.25) is 0 Å². The van der Waals surface area contributed by atoms with Crippen molar-refractivity contribution in [3.63, 3.8) is 0 Å². The van der Waals surface area contributed by atoms with Gasteiger partial charge in [-0.15, -0.1) is 0 Å². The van der Waals surface area contributed by atoms with Crippen molar-refractivity contribution in [1.82, 2.24) is 15.0 Å². The van der Waals surface area contributed by atoms with E-state index >= 15 is 0 Å². The maximum Gasteiger partial charge on any atom is 0.411 e. The fourth-order valence-corrected chi connectivity index (χ4v) is 4.30. The largest absolute Gasteiger partial charge is 0.444 e. The van der Waals surface area contributed by atoms with Gasteiger partial charge in [0.25, 0.3) is 5.89 Å². The first-order valence-electron chi connectivity index (χ1n) is 11.2. The number of carbonyl (C=O) groups excluding carboxylic acids is 1. The molecule has 2 heterocycles. The molecule has 1 amide bonds. The molecule has 30 heavy (non-hydrogen) atoms. The lowest BCUT2D eigenvalue weighted by molar-refractivity contribution is -0.0547. The summed E-state index contributed by atoms with van der Waals surface area (Å²) in [6.07, 6.45) is 3.33. The monoisotopic (exact) mass is 423 g/mol. The normalized spacial score (nSPS) is 28.0. The highest BCUT2D eigenvalue weighted by Crippen LogP contribution is 2.35. The van der Waals surface area contributed by atoms with Crippen molar-refractivity contribution in [3.8, 4) is 0 Å². The second-order valence-corrected chi connectivity index (χ2v) is 9.99. The van der Waals surface area contributed by atoms with E-state index < -0.39 is 17.7 Å². The highest BCUT2D eigenvalue weighted by atomic mass is 16.6. The third kappa shape index (κ3) is 5.94. The molecule has 1 aromatic heterocycles. The van der Waals surface area contributed by atoms with Crippen LogP contribution in [0, 0.1) is 17.8 Å². The van der Waals surface area contributed by atoms with Crippen molar-refractivity contribution >= 4 is 6.09 Å². The predicted molar refractivity (Wildman–Crippen MR) is 111 cm³/mol. The van der Waals surface area contributed by atoms with Gasteiger partial charge >= 0.3 is 6.09 Å². The summed E-state index contributed by atoms with van der Waals surface area (Å²) in [5, 5.41) is 4.11. The highest BCUT2D eigenvalue weighted by molar-refractivity contribution is 5.68. The summed E-state index contributed by atoms with van der Waals surface area (Å²) in [6.45, 7) is 13.8. The van der Waals surface area contributed by atoms with Crippen molar-refractivity contribution in [2.75, 3.05) is 19.8 Å². The molecule has 0 N–H and O–H groups in total. The van der Waals surface area contributed by atoms with E-state index in [-0.39, 0.29) is 12.7 Å². The van der Waals surface area contributed by atoms with Crippen LogP contribution in [0.1, 0.15) is 78.6 Å². The number of hydrogen-bond donors (Lipinski definition) is 0. The van der Waals surface area contributed by atoms with Gasteiger partial charge in [0.1, 0.15) is 18.2 Å². The minimum atomic E-state index is -0.569. The molecule has 4 atom stereocenters. The van der Waals surface area contributed by atoms with Gasteiger partial charge in [-0.2, -0.15) is 4.98 Å². The number of rotatable bonds is 5. The van der Waals surface area contributed by atoms with E-state index in [1.165, 1.54) is 12.8 Å². The van der Waals surface area contributed by atoms with Crippen LogP contribution in [-0.2, 0) is 20.8 Å². The van der Waals surface area contributed by atoms with Crippen LogP contribution in [0.2, 0.25) is 0 Å². The van der Waals surface area contributed by atoms with Gasteiger partial charge < -0.3 is 18.7 Å². The summed E-state index contributed by atoms with van der Waals surface area (Å²) in [5.74, 6) is 2.67. The van der Waals surface area contributed by atoms with Crippen molar-refractivity contribution in [2.45, 2.75) is 85.2 Å². The highest BCUT2D eigenvalue weighted by Gasteiger charge is 2.35. The summed E-state index contributed by atoms with van der Waals surface area (Å²) < 4.78 is 22.8. The lowest BCUT2D eigenvalue weighted by atomic mass is 9.75. The molecule has 1 aliphatic carbocycles. The molecule has 1 aromatic rings. The number of amides is 1. The third-order valence-electron chi connectivity index (χ3n) is 5.92. The van der Waals surface area contributed by atoms with Crippen LogP contribution in [-0.4, -0.2) is 52.6 Å². The molecule has 8 nitrogen and oxygen atoms in total. The summed E-state index contributed by atoms with van der Waals surface area (Å²) in [6, 6.07) is -0.427. The molecule has 0 aromatic carbocycles. The molecule has 2 aliphatic rings. The first kappa shape index (κ1) is 23.0. The number of nitrogens with zero attached hydrogens (tertiary/aromatic N) is 3. The zero-order valence-electron chi connectivity index (χ0n) is 19.2. The molecule has 1 aliphatic heterocycles. The maximum atomic E-state index is 12.6. The van der Waals surface area contributed by atoms with Gasteiger partial charge in [0.05, 0.1) is 19.3 Å². The maximum absolute atomic E-state index is 12.6. The first-order chi connectivity index (χ1) is 14.1. The molecular formula is C22H37N3O5. The molecule has 1 saturated heterocycles. The van der Waals surface area contributed by atoms with Crippen LogP contribution >= 0.6 is 0 Å². The van der Waals surface area contributed by atoms with E-state index in [1.54, 1.807) is 4.90 Å². The quantitative estimate of drug-likeness (QED) is 0.695. The Morgan fingerprint density at radius 3 is 2.77 bits per heavy atom. The number of morpholine rings is 1. The Kier molecular flexibility index (Phi) is 7.39. The average molecular weight is 424 g/mol. The van der Waals surface area contributed by atoms with Gasteiger partial charge in [0.15, 0.2) is 5.82 Å². The van der Waals surface area contributed by atoms with Gasteiger partial charge in [-0.3, -0.25) is 4.90 Å². The van der Waals surface area contributed by atoms with Crippen molar-refractivity contribution in [3.05, 3.63) is 11.7 Å². The third-order valence-corrected chi connectivity index (χ3v) is 5.92. The average Bonchev–Trinajstić information content (AvgIpc) is 3.13. The molecule has 8 heteroatoms. The number of hydrogen-bond acceptors (Lipinski definition) is 7. The van der Waals surface area contributed by atoms with Crippen molar-refractivity contribution in [1.29, 1.82) is 0 Å². The lowest BCUT2D eigenvalue weighted by Crippen LogP contribution is -2.46. The molecule has 0 spiro atoms. The van der Waals surface area contributed by atoms with Crippen molar-refractivity contribution < 1.29 is 23.5 Å². The molecular weight excluding hydrogens is 386 g/mol. The molecule has 4 unspecified atom stereocenters. The van der Waals surface area contributed by atoms with Gasteiger partial charge in [0, 0.05) is 6.54 Å². The Bertz CT molecular complexity index is 699. The SMILES string of the molecule is CC1CCC(C(C)C)C(OCc2nc(C3COCCN3C(=O)OC(C)(C)C)no2)C1. The van der Waals surface area contributed by atoms with Crippen LogP contribution in [0.15, 0.2) is 4.52 Å². The molecule has 0 radical (unpaired) electrons. The van der Waals surface area contributed by atoms with E-state index in [4.69, 9.17) is 18.7 Å². The van der Waals surface area contributed by atoms with E-state index in [0.29, 0.717) is 49.2 Å². The van der Waals surface area contributed by atoms with Crippen LogP contribution in [0.3, 0.4) is 0 Å². The Balaban J connectivity index is 1.63. The fourth-order valence-electron chi connectivity index (χ4n) is 4.30. The summed E-state index contributed by atoms with van der Waals surface area (Å²) in [4.78, 5) is 18.7. The van der Waals surface area contributed by atoms with Gasteiger partial charge in [-0.25, -0.2) is 4.79 Å². The first-order valence-corrected chi connectivity index (χ1v) is 11.2. The second kappa shape index (κ2) is 9.64. The van der Waals surface area contributed by atoms with Gasteiger partial charge in [-0.1, -0.05) is 32.3 Å². The zero-order valence-corrected chi connectivity index (χ0v) is 19.2.